The van der Waals surface area contributed by atoms with Gasteiger partial charge < -0.3 is 14.7 Å². The first-order valence-electron chi connectivity index (χ1n) is 8.96. The second-order valence-corrected chi connectivity index (χ2v) is 9.21. The van der Waals surface area contributed by atoms with Gasteiger partial charge in [-0.2, -0.15) is 4.31 Å². The molecule has 0 radical (unpaired) electrons. The smallest absolute Gasteiger partial charge is 0.407 e. The molecular formula is C18H26N2O5S. The first kappa shape index (κ1) is 19.1. The molecule has 1 atom stereocenters. The molecular weight excluding hydrogens is 356 g/mol. The SMILES string of the molecule is CC(C)N([C@H]1COC2(CCN(C(=O)O)CC2)C1)S(=O)(=O)c1ccccc1. The number of rotatable bonds is 4. The molecule has 26 heavy (non-hydrogen) atoms. The highest BCUT2D eigenvalue weighted by Gasteiger charge is 2.48. The number of likely N-dealkylation sites (tertiary alicyclic amines) is 1. The lowest BCUT2D eigenvalue weighted by Crippen LogP contribution is -2.48. The Morgan fingerprint density at radius 3 is 2.42 bits per heavy atom. The molecule has 0 aliphatic carbocycles. The normalized spacial score (nSPS) is 23.1. The lowest BCUT2D eigenvalue weighted by Gasteiger charge is -2.38. The molecule has 1 amide bonds. The number of nitrogens with zero attached hydrogens (tertiary/aromatic N) is 2. The topological polar surface area (TPSA) is 87.2 Å². The lowest BCUT2D eigenvalue weighted by atomic mass is 9.87. The van der Waals surface area contributed by atoms with Gasteiger partial charge >= 0.3 is 6.09 Å². The summed E-state index contributed by atoms with van der Waals surface area (Å²) >= 11 is 0. The molecule has 144 valence electrons. The molecule has 0 unspecified atom stereocenters. The largest absolute Gasteiger partial charge is 0.465 e. The first-order chi connectivity index (χ1) is 12.3. The number of carboxylic acid groups (broad SMARTS) is 1. The predicted molar refractivity (Wildman–Crippen MR) is 96.5 cm³/mol. The summed E-state index contributed by atoms with van der Waals surface area (Å²) < 4.78 is 33.9. The molecule has 2 aliphatic rings. The van der Waals surface area contributed by atoms with E-state index in [1.54, 1.807) is 34.6 Å². The highest BCUT2D eigenvalue weighted by atomic mass is 32.2. The van der Waals surface area contributed by atoms with E-state index in [0.29, 0.717) is 39.0 Å². The Kier molecular flexibility index (Phi) is 5.28. The van der Waals surface area contributed by atoms with Gasteiger partial charge in [0, 0.05) is 19.1 Å². The Balaban J connectivity index is 1.78. The number of amides is 1. The Bertz CT molecular complexity index is 742. The zero-order valence-electron chi connectivity index (χ0n) is 15.2. The lowest BCUT2D eigenvalue weighted by molar-refractivity contribution is -0.0398. The van der Waals surface area contributed by atoms with E-state index in [1.165, 1.54) is 4.90 Å². The number of benzene rings is 1. The number of hydrogen-bond acceptors (Lipinski definition) is 4. The van der Waals surface area contributed by atoms with E-state index in [1.807, 2.05) is 13.8 Å². The van der Waals surface area contributed by atoms with E-state index in [4.69, 9.17) is 9.84 Å². The van der Waals surface area contributed by atoms with Crippen LogP contribution in [0, 0.1) is 0 Å². The molecule has 0 saturated carbocycles. The molecule has 7 nitrogen and oxygen atoms in total. The average Bonchev–Trinajstić information content (AvgIpc) is 2.98. The van der Waals surface area contributed by atoms with Crippen LogP contribution >= 0.6 is 0 Å². The molecule has 1 N–H and O–H groups in total. The molecule has 1 aromatic rings. The van der Waals surface area contributed by atoms with Crippen LogP contribution in [0.1, 0.15) is 33.1 Å². The Morgan fingerprint density at radius 1 is 1.27 bits per heavy atom. The van der Waals surface area contributed by atoms with Crippen molar-refractivity contribution in [3.8, 4) is 0 Å². The van der Waals surface area contributed by atoms with Crippen molar-refractivity contribution in [2.24, 2.45) is 0 Å². The molecule has 0 aromatic heterocycles. The first-order valence-corrected chi connectivity index (χ1v) is 10.4. The van der Waals surface area contributed by atoms with Gasteiger partial charge in [-0.1, -0.05) is 18.2 Å². The second-order valence-electron chi connectivity index (χ2n) is 7.36. The van der Waals surface area contributed by atoms with Crippen LogP contribution in [-0.2, 0) is 14.8 Å². The van der Waals surface area contributed by atoms with Crippen molar-refractivity contribution in [3.05, 3.63) is 30.3 Å². The highest BCUT2D eigenvalue weighted by molar-refractivity contribution is 7.89. The van der Waals surface area contributed by atoms with E-state index in [2.05, 4.69) is 0 Å². The van der Waals surface area contributed by atoms with Crippen molar-refractivity contribution in [2.45, 2.75) is 55.7 Å². The maximum Gasteiger partial charge on any atom is 0.407 e. The van der Waals surface area contributed by atoms with Crippen LogP contribution in [0.2, 0.25) is 0 Å². The fourth-order valence-electron chi connectivity index (χ4n) is 4.05. The Morgan fingerprint density at radius 2 is 1.88 bits per heavy atom. The van der Waals surface area contributed by atoms with Crippen LogP contribution in [-0.4, -0.2) is 66.2 Å². The number of ether oxygens (including phenoxy) is 1. The number of sulfonamides is 1. The van der Waals surface area contributed by atoms with Crippen LogP contribution in [0.3, 0.4) is 0 Å². The summed E-state index contributed by atoms with van der Waals surface area (Å²) in [4.78, 5) is 12.8. The molecule has 2 fully saturated rings. The van der Waals surface area contributed by atoms with Crippen molar-refractivity contribution in [2.75, 3.05) is 19.7 Å². The molecule has 3 rings (SSSR count). The predicted octanol–water partition coefficient (Wildman–Crippen LogP) is 2.39. The van der Waals surface area contributed by atoms with Crippen molar-refractivity contribution >= 4 is 16.1 Å². The van der Waals surface area contributed by atoms with Gasteiger partial charge in [-0.05, 0) is 45.2 Å². The molecule has 8 heteroatoms. The number of piperidine rings is 1. The third-order valence-electron chi connectivity index (χ3n) is 5.32. The minimum Gasteiger partial charge on any atom is -0.465 e. The molecule has 1 spiro atoms. The van der Waals surface area contributed by atoms with Crippen LogP contribution in [0.4, 0.5) is 4.79 Å². The summed E-state index contributed by atoms with van der Waals surface area (Å²) in [5, 5.41) is 9.11. The zero-order valence-corrected chi connectivity index (χ0v) is 16.0. The van der Waals surface area contributed by atoms with Crippen LogP contribution in [0.5, 0.6) is 0 Å². The van der Waals surface area contributed by atoms with Gasteiger partial charge in [0.15, 0.2) is 0 Å². The summed E-state index contributed by atoms with van der Waals surface area (Å²) in [6.07, 6.45) is 0.898. The molecule has 2 saturated heterocycles. The minimum atomic E-state index is -3.61. The van der Waals surface area contributed by atoms with Crippen molar-refractivity contribution in [1.82, 2.24) is 9.21 Å². The van der Waals surface area contributed by atoms with E-state index in [9.17, 15) is 13.2 Å². The van der Waals surface area contributed by atoms with Crippen LogP contribution in [0.15, 0.2) is 35.2 Å². The Labute approximate surface area is 154 Å². The van der Waals surface area contributed by atoms with Crippen molar-refractivity contribution in [3.63, 3.8) is 0 Å². The quantitative estimate of drug-likeness (QED) is 0.864. The fraction of sp³-hybridized carbons (Fsp3) is 0.611. The highest BCUT2D eigenvalue weighted by Crippen LogP contribution is 2.39. The summed E-state index contributed by atoms with van der Waals surface area (Å²) in [6.45, 7) is 4.94. The number of hydrogen-bond donors (Lipinski definition) is 1. The molecule has 1 aromatic carbocycles. The summed E-state index contributed by atoms with van der Waals surface area (Å²) in [5.41, 5.74) is -0.421. The van der Waals surface area contributed by atoms with Crippen LogP contribution in [0.25, 0.3) is 0 Å². The maximum atomic E-state index is 13.2. The van der Waals surface area contributed by atoms with E-state index in [0.717, 1.165) is 0 Å². The summed E-state index contributed by atoms with van der Waals surface area (Å²) in [6, 6.07) is 8.03. The zero-order chi connectivity index (χ0) is 18.9. The Hall–Kier alpha value is -1.64. The van der Waals surface area contributed by atoms with E-state index < -0.39 is 21.7 Å². The standard InChI is InChI=1S/C18H26N2O5S/c1-14(2)20(26(23,24)16-6-4-3-5-7-16)15-12-18(25-13-15)8-10-19(11-9-18)17(21)22/h3-7,14-15H,8-13H2,1-2H3,(H,21,22)/t15-/m1/s1. The van der Waals surface area contributed by atoms with E-state index in [-0.39, 0.29) is 17.0 Å². The summed E-state index contributed by atoms with van der Waals surface area (Å²) in [7, 11) is -3.61. The summed E-state index contributed by atoms with van der Waals surface area (Å²) in [5.74, 6) is 0. The maximum absolute atomic E-state index is 13.2. The third kappa shape index (κ3) is 3.58. The number of carbonyl (C=O) groups is 1. The fourth-order valence-corrected chi connectivity index (χ4v) is 5.87. The third-order valence-corrected chi connectivity index (χ3v) is 7.46. The second kappa shape index (κ2) is 7.17. The van der Waals surface area contributed by atoms with Crippen molar-refractivity contribution in [1.29, 1.82) is 0 Å². The van der Waals surface area contributed by atoms with Gasteiger partial charge in [0.1, 0.15) is 0 Å². The minimum absolute atomic E-state index is 0.192. The molecule has 2 aliphatic heterocycles. The van der Waals surface area contributed by atoms with Crippen molar-refractivity contribution < 1.29 is 23.1 Å². The van der Waals surface area contributed by atoms with E-state index >= 15 is 0 Å². The average molecular weight is 382 g/mol. The molecule has 2 heterocycles. The van der Waals surface area contributed by atoms with Gasteiger partial charge in [-0.15, -0.1) is 0 Å². The van der Waals surface area contributed by atoms with Gasteiger partial charge in [-0.3, -0.25) is 0 Å². The van der Waals surface area contributed by atoms with Gasteiger partial charge in [-0.25, -0.2) is 13.2 Å². The van der Waals surface area contributed by atoms with Gasteiger partial charge in [0.2, 0.25) is 10.0 Å². The van der Waals surface area contributed by atoms with Crippen LogP contribution < -0.4 is 0 Å². The van der Waals surface area contributed by atoms with Gasteiger partial charge in [0.25, 0.3) is 0 Å². The monoisotopic (exact) mass is 382 g/mol. The molecule has 0 bridgehead atoms. The van der Waals surface area contributed by atoms with Gasteiger partial charge in [0.05, 0.1) is 23.1 Å².